The highest BCUT2D eigenvalue weighted by Gasteiger charge is 2.35. The van der Waals surface area contributed by atoms with Crippen LogP contribution >= 0.6 is 0 Å². The van der Waals surface area contributed by atoms with Crippen molar-refractivity contribution in [1.29, 1.82) is 0 Å². The molecule has 0 aliphatic carbocycles. The van der Waals surface area contributed by atoms with E-state index in [0.717, 1.165) is 10.6 Å². The van der Waals surface area contributed by atoms with Gasteiger partial charge in [-0.25, -0.2) is 9.59 Å². The number of methoxy groups -OCH3 is 1. The highest BCUT2D eigenvalue weighted by molar-refractivity contribution is 5.87. The molecule has 0 aromatic carbocycles. The van der Waals surface area contributed by atoms with Gasteiger partial charge in [-0.1, -0.05) is 0 Å². The first kappa shape index (κ1) is 17.1. The maximum absolute atomic E-state index is 12.0. The van der Waals surface area contributed by atoms with Crippen molar-refractivity contribution in [3.8, 4) is 0 Å². The molecule has 1 aliphatic heterocycles. The quantitative estimate of drug-likeness (QED) is 0.300. The van der Waals surface area contributed by atoms with Crippen LogP contribution in [0.3, 0.4) is 0 Å². The zero-order valence-electron chi connectivity index (χ0n) is 12.2. The molecule has 2 rings (SSSR count). The van der Waals surface area contributed by atoms with Crippen LogP contribution in [0.2, 0.25) is 0 Å². The number of hydrogen-bond acceptors (Lipinski definition) is 9. The molecule has 0 spiro atoms. The molecule has 0 radical (unpaired) electrons. The summed E-state index contributed by atoms with van der Waals surface area (Å²) in [5.74, 6) is -0.804. The molecule has 126 valence electrons. The van der Waals surface area contributed by atoms with Crippen LogP contribution in [0.5, 0.6) is 0 Å². The van der Waals surface area contributed by atoms with E-state index >= 15 is 0 Å². The van der Waals surface area contributed by atoms with Gasteiger partial charge in [0, 0.05) is 24.3 Å². The Hall–Kier alpha value is -2.27. The highest BCUT2D eigenvalue weighted by Crippen LogP contribution is 2.28. The summed E-state index contributed by atoms with van der Waals surface area (Å²) in [6, 6.07) is 0. The van der Waals surface area contributed by atoms with Gasteiger partial charge in [0.15, 0.2) is 12.0 Å². The van der Waals surface area contributed by atoms with Crippen LogP contribution in [0.4, 0.5) is 5.82 Å². The van der Waals surface area contributed by atoms with Crippen molar-refractivity contribution >= 4 is 17.9 Å². The summed E-state index contributed by atoms with van der Waals surface area (Å²) in [6.07, 6.45) is 1.17. The second kappa shape index (κ2) is 7.33. The molecule has 0 bridgehead atoms. The summed E-state index contributed by atoms with van der Waals surface area (Å²) in [6.45, 7) is -0.291. The Balaban J connectivity index is 2.39. The van der Waals surface area contributed by atoms with Crippen molar-refractivity contribution in [3.05, 3.63) is 28.3 Å². The predicted molar refractivity (Wildman–Crippen MR) is 76.6 cm³/mol. The van der Waals surface area contributed by atoms with Gasteiger partial charge in [-0.15, -0.1) is 0 Å². The Bertz CT molecular complexity index is 657. The molecule has 4 N–H and O–H groups in total. The topological polar surface area (TPSA) is 143 Å². The number of esters is 1. The van der Waals surface area contributed by atoms with Crippen molar-refractivity contribution in [2.24, 2.45) is 0 Å². The predicted octanol–water partition coefficient (Wildman–Crippen LogP) is -1.13. The normalized spacial score (nSPS) is 24.1. The largest absolute Gasteiger partial charge is 0.466 e. The van der Waals surface area contributed by atoms with E-state index in [-0.39, 0.29) is 24.4 Å². The molecule has 1 fully saturated rings. The number of aliphatic hydroxyl groups is 2. The van der Waals surface area contributed by atoms with Crippen LogP contribution in [-0.2, 0) is 14.3 Å². The average molecular weight is 327 g/mol. The van der Waals surface area contributed by atoms with Crippen molar-refractivity contribution < 1.29 is 29.7 Å². The molecule has 23 heavy (non-hydrogen) atoms. The lowest BCUT2D eigenvalue weighted by atomic mass is 10.2. The summed E-state index contributed by atoms with van der Waals surface area (Å²) in [4.78, 5) is 26.8. The number of anilines is 1. The zero-order chi connectivity index (χ0) is 17.0. The van der Waals surface area contributed by atoms with Gasteiger partial charge in [0.05, 0.1) is 19.8 Å². The number of carbonyl (C=O) groups excluding carboxylic acids is 1. The van der Waals surface area contributed by atoms with Gasteiger partial charge in [0.25, 0.3) is 0 Å². The number of nitrogens with one attached hydrogen (secondary N) is 1. The van der Waals surface area contributed by atoms with Crippen LogP contribution in [-0.4, -0.2) is 56.9 Å². The molecule has 10 heteroatoms. The lowest BCUT2D eigenvalue weighted by Crippen LogP contribution is -2.32. The summed E-state index contributed by atoms with van der Waals surface area (Å²) < 4.78 is 10.9. The number of rotatable bonds is 5. The molecular formula is C13H17N3O7. The minimum absolute atomic E-state index is 0.168. The highest BCUT2D eigenvalue weighted by atomic mass is 16.5. The van der Waals surface area contributed by atoms with E-state index in [2.05, 4.69) is 9.72 Å². The zero-order valence-corrected chi connectivity index (χ0v) is 12.2. The van der Waals surface area contributed by atoms with Crippen molar-refractivity contribution in [1.82, 2.24) is 9.55 Å². The fourth-order valence-corrected chi connectivity index (χ4v) is 2.20. The Kier molecular flexibility index (Phi) is 5.45. The minimum Gasteiger partial charge on any atom is -0.466 e. The molecule has 0 saturated carbocycles. The molecule has 2 heterocycles. The van der Waals surface area contributed by atoms with Crippen LogP contribution in [0.25, 0.3) is 6.08 Å². The van der Waals surface area contributed by atoms with Crippen molar-refractivity contribution in [2.75, 3.05) is 19.2 Å². The molecule has 0 unspecified atom stereocenters. The van der Waals surface area contributed by atoms with Gasteiger partial charge >= 0.3 is 11.7 Å². The number of carbonyl (C=O) groups is 1. The second-order valence-electron chi connectivity index (χ2n) is 4.84. The average Bonchev–Trinajstić information content (AvgIpc) is 2.93. The van der Waals surface area contributed by atoms with E-state index in [4.69, 9.17) is 15.1 Å². The first-order valence-corrected chi connectivity index (χ1v) is 6.73. The monoisotopic (exact) mass is 327 g/mol. The van der Waals surface area contributed by atoms with Crippen molar-refractivity contribution in [3.63, 3.8) is 0 Å². The van der Waals surface area contributed by atoms with Gasteiger partial charge in [-0.3, -0.25) is 15.3 Å². The Morgan fingerprint density at radius 3 is 2.96 bits per heavy atom. The molecule has 3 atom stereocenters. The molecule has 0 amide bonds. The Morgan fingerprint density at radius 2 is 2.39 bits per heavy atom. The van der Waals surface area contributed by atoms with E-state index in [1.54, 1.807) is 5.48 Å². The fourth-order valence-electron chi connectivity index (χ4n) is 2.20. The maximum atomic E-state index is 12.0. The number of ether oxygens (including phenoxy) is 2. The third kappa shape index (κ3) is 3.74. The minimum atomic E-state index is -1.02. The van der Waals surface area contributed by atoms with E-state index in [0.29, 0.717) is 0 Å². The smallest absolute Gasteiger partial charge is 0.351 e. The number of aliphatic hydroxyl groups excluding tert-OH is 2. The SMILES string of the molecule is COC(=O)C=Cc1cn([C@@H]2O[C@H](CO)C[C@H]2O)c(=O)nc1NO. The summed E-state index contributed by atoms with van der Waals surface area (Å²) in [5, 5.41) is 28.1. The molecular weight excluding hydrogens is 310 g/mol. The molecule has 10 nitrogen and oxygen atoms in total. The van der Waals surface area contributed by atoms with Gasteiger partial charge in [-0.2, -0.15) is 4.98 Å². The first-order chi connectivity index (χ1) is 11.0. The number of nitrogens with zero attached hydrogens (tertiary/aromatic N) is 2. The molecule has 1 aliphatic rings. The Labute approximate surface area is 130 Å². The fraction of sp³-hybridized carbons (Fsp3) is 0.462. The van der Waals surface area contributed by atoms with Crippen LogP contribution in [0, 0.1) is 0 Å². The van der Waals surface area contributed by atoms with Crippen molar-refractivity contribution in [2.45, 2.75) is 24.9 Å². The van der Waals surface area contributed by atoms with Gasteiger partial charge in [-0.05, 0) is 6.08 Å². The van der Waals surface area contributed by atoms with E-state index in [9.17, 15) is 14.7 Å². The van der Waals surface area contributed by atoms with E-state index < -0.39 is 30.1 Å². The summed E-state index contributed by atoms with van der Waals surface area (Å²) in [7, 11) is 1.20. The lowest BCUT2D eigenvalue weighted by Gasteiger charge is -2.18. The number of aromatic nitrogens is 2. The maximum Gasteiger partial charge on any atom is 0.351 e. The van der Waals surface area contributed by atoms with Crippen LogP contribution in [0.1, 0.15) is 18.2 Å². The lowest BCUT2D eigenvalue weighted by molar-refractivity contribution is -0.134. The standard InChI is InChI=1S/C13H17N3O7/c1-22-10(19)3-2-7-5-16(13(20)14-11(7)15-21)12-9(18)4-8(6-17)23-12/h2-3,5,8-9,12,17-18,21H,4,6H2,1H3,(H,14,15,20)/t8-,9+,12+/m0/s1. The van der Waals surface area contributed by atoms with Crippen LogP contribution in [0.15, 0.2) is 17.1 Å². The van der Waals surface area contributed by atoms with E-state index in [1.807, 2.05) is 0 Å². The van der Waals surface area contributed by atoms with Gasteiger partial charge in [0.2, 0.25) is 0 Å². The van der Waals surface area contributed by atoms with E-state index in [1.165, 1.54) is 19.4 Å². The second-order valence-corrected chi connectivity index (χ2v) is 4.84. The third-order valence-electron chi connectivity index (χ3n) is 3.33. The third-order valence-corrected chi connectivity index (χ3v) is 3.33. The summed E-state index contributed by atoms with van der Waals surface area (Å²) in [5.41, 5.74) is 1.17. The molecule has 1 aromatic heterocycles. The molecule has 1 saturated heterocycles. The first-order valence-electron chi connectivity index (χ1n) is 6.73. The molecule has 1 aromatic rings. The number of hydrogen-bond donors (Lipinski definition) is 4. The van der Waals surface area contributed by atoms with Gasteiger partial charge in [0.1, 0.15) is 6.10 Å². The van der Waals surface area contributed by atoms with Crippen LogP contribution < -0.4 is 11.2 Å². The van der Waals surface area contributed by atoms with Gasteiger partial charge < -0.3 is 19.7 Å². The Morgan fingerprint density at radius 1 is 1.65 bits per heavy atom. The summed E-state index contributed by atoms with van der Waals surface area (Å²) >= 11 is 0.